The van der Waals surface area contributed by atoms with Gasteiger partial charge in [-0.3, -0.25) is 4.79 Å². The minimum Gasteiger partial charge on any atom is -0.351 e. The number of carbonyl (C=O) groups is 1. The minimum atomic E-state index is -0.472. The standard InChI is InChI=1S/C17H19BrN2O/c18-15-9-6-14(7-10-15)12-20-17(21)16(19)11-8-13-4-2-1-3-5-13/h1-7,9-10,16H,8,11-12,19H2,(H,20,21). The Kier molecular flexibility index (Phi) is 5.96. The maximum atomic E-state index is 12.0. The molecule has 3 nitrogen and oxygen atoms in total. The number of nitrogens with one attached hydrogen (secondary N) is 1. The number of hydrogen-bond acceptors (Lipinski definition) is 2. The molecule has 0 spiro atoms. The molecule has 110 valence electrons. The van der Waals surface area contributed by atoms with E-state index < -0.39 is 6.04 Å². The molecule has 1 unspecified atom stereocenters. The van der Waals surface area contributed by atoms with Crippen molar-refractivity contribution in [3.63, 3.8) is 0 Å². The first-order valence-corrected chi connectivity index (χ1v) is 7.76. The molecule has 0 bridgehead atoms. The number of rotatable bonds is 6. The fourth-order valence-corrected chi connectivity index (χ4v) is 2.28. The Labute approximate surface area is 133 Å². The van der Waals surface area contributed by atoms with Gasteiger partial charge >= 0.3 is 0 Å². The first kappa shape index (κ1) is 15.7. The van der Waals surface area contributed by atoms with Crippen molar-refractivity contribution in [3.05, 3.63) is 70.2 Å². The van der Waals surface area contributed by atoms with E-state index in [9.17, 15) is 4.79 Å². The molecular formula is C17H19BrN2O. The Morgan fingerprint density at radius 1 is 1.05 bits per heavy atom. The number of aryl methyl sites for hydroxylation is 1. The number of halogens is 1. The summed E-state index contributed by atoms with van der Waals surface area (Å²) < 4.78 is 1.03. The normalized spacial score (nSPS) is 11.9. The lowest BCUT2D eigenvalue weighted by atomic mass is 10.1. The highest BCUT2D eigenvalue weighted by Gasteiger charge is 2.12. The zero-order valence-electron chi connectivity index (χ0n) is 11.8. The maximum absolute atomic E-state index is 12.0. The second-order valence-electron chi connectivity index (χ2n) is 4.98. The minimum absolute atomic E-state index is 0.103. The van der Waals surface area contributed by atoms with Crippen molar-refractivity contribution in [1.82, 2.24) is 5.32 Å². The van der Waals surface area contributed by atoms with Crippen LogP contribution in [0.1, 0.15) is 17.5 Å². The molecule has 0 aliphatic carbocycles. The van der Waals surface area contributed by atoms with Gasteiger partial charge in [0, 0.05) is 11.0 Å². The molecule has 0 radical (unpaired) electrons. The number of hydrogen-bond donors (Lipinski definition) is 2. The van der Waals surface area contributed by atoms with Crippen LogP contribution in [-0.2, 0) is 17.8 Å². The van der Waals surface area contributed by atoms with E-state index in [0.717, 1.165) is 16.5 Å². The Balaban J connectivity index is 1.76. The van der Waals surface area contributed by atoms with Gasteiger partial charge < -0.3 is 11.1 Å². The predicted molar refractivity (Wildman–Crippen MR) is 88.7 cm³/mol. The second-order valence-corrected chi connectivity index (χ2v) is 5.89. The van der Waals surface area contributed by atoms with Crippen LogP contribution in [0.3, 0.4) is 0 Å². The quantitative estimate of drug-likeness (QED) is 0.844. The summed E-state index contributed by atoms with van der Waals surface area (Å²) in [5.41, 5.74) is 8.19. The number of carbonyl (C=O) groups excluding carboxylic acids is 1. The average molecular weight is 347 g/mol. The van der Waals surface area contributed by atoms with Gasteiger partial charge in [0.2, 0.25) is 5.91 Å². The van der Waals surface area contributed by atoms with Gasteiger partial charge in [0.25, 0.3) is 0 Å². The van der Waals surface area contributed by atoms with Crippen molar-refractivity contribution >= 4 is 21.8 Å². The fraction of sp³-hybridized carbons (Fsp3) is 0.235. The highest BCUT2D eigenvalue weighted by Crippen LogP contribution is 2.10. The van der Waals surface area contributed by atoms with Gasteiger partial charge in [0.15, 0.2) is 0 Å². The first-order valence-electron chi connectivity index (χ1n) is 6.97. The zero-order chi connectivity index (χ0) is 15.1. The van der Waals surface area contributed by atoms with Gasteiger partial charge in [-0.1, -0.05) is 58.4 Å². The molecule has 3 N–H and O–H groups in total. The van der Waals surface area contributed by atoms with Crippen LogP contribution in [0.25, 0.3) is 0 Å². The number of benzene rings is 2. The molecule has 0 fully saturated rings. The average Bonchev–Trinajstić information content (AvgIpc) is 2.52. The lowest BCUT2D eigenvalue weighted by molar-refractivity contribution is -0.122. The molecule has 2 aromatic carbocycles. The third-order valence-electron chi connectivity index (χ3n) is 3.30. The molecule has 1 atom stereocenters. The van der Waals surface area contributed by atoms with Crippen LogP contribution in [0, 0.1) is 0 Å². The van der Waals surface area contributed by atoms with Crippen molar-refractivity contribution in [2.75, 3.05) is 0 Å². The first-order chi connectivity index (χ1) is 10.1. The Morgan fingerprint density at radius 2 is 1.71 bits per heavy atom. The Hall–Kier alpha value is -1.65. The number of nitrogens with two attached hydrogens (primary N) is 1. The molecule has 0 aliphatic rings. The molecule has 0 saturated carbocycles. The van der Waals surface area contributed by atoms with Crippen LogP contribution in [0.5, 0.6) is 0 Å². The van der Waals surface area contributed by atoms with Crippen molar-refractivity contribution < 1.29 is 4.79 Å². The van der Waals surface area contributed by atoms with Gasteiger partial charge in [0.1, 0.15) is 0 Å². The van der Waals surface area contributed by atoms with E-state index in [2.05, 4.69) is 21.2 Å². The molecule has 4 heteroatoms. The van der Waals surface area contributed by atoms with Gasteiger partial charge in [-0.2, -0.15) is 0 Å². The molecule has 21 heavy (non-hydrogen) atoms. The largest absolute Gasteiger partial charge is 0.351 e. The summed E-state index contributed by atoms with van der Waals surface area (Å²) in [6.07, 6.45) is 1.46. The third kappa shape index (κ3) is 5.33. The van der Waals surface area contributed by atoms with Crippen molar-refractivity contribution in [1.29, 1.82) is 0 Å². The van der Waals surface area contributed by atoms with Crippen molar-refractivity contribution in [3.8, 4) is 0 Å². The van der Waals surface area contributed by atoms with Crippen LogP contribution < -0.4 is 11.1 Å². The molecule has 2 rings (SSSR count). The summed E-state index contributed by atoms with van der Waals surface area (Å²) in [4.78, 5) is 12.0. The van der Waals surface area contributed by atoms with Crippen molar-refractivity contribution in [2.45, 2.75) is 25.4 Å². The topological polar surface area (TPSA) is 55.1 Å². The Bertz CT molecular complexity index is 569. The van der Waals surface area contributed by atoms with E-state index in [-0.39, 0.29) is 5.91 Å². The van der Waals surface area contributed by atoms with Crippen LogP contribution >= 0.6 is 15.9 Å². The van der Waals surface area contributed by atoms with E-state index in [0.29, 0.717) is 13.0 Å². The summed E-state index contributed by atoms with van der Waals surface area (Å²) >= 11 is 3.38. The van der Waals surface area contributed by atoms with E-state index in [1.165, 1.54) is 5.56 Å². The van der Waals surface area contributed by atoms with Crippen LogP contribution in [0.2, 0.25) is 0 Å². The van der Waals surface area contributed by atoms with Gasteiger partial charge in [-0.25, -0.2) is 0 Å². The molecule has 2 aromatic rings. The monoisotopic (exact) mass is 346 g/mol. The van der Waals surface area contributed by atoms with E-state index in [1.807, 2.05) is 54.6 Å². The van der Waals surface area contributed by atoms with E-state index in [4.69, 9.17) is 5.73 Å². The highest BCUT2D eigenvalue weighted by molar-refractivity contribution is 9.10. The van der Waals surface area contributed by atoms with E-state index >= 15 is 0 Å². The van der Waals surface area contributed by atoms with Crippen LogP contribution in [0.15, 0.2) is 59.1 Å². The van der Waals surface area contributed by atoms with E-state index in [1.54, 1.807) is 0 Å². The summed E-state index contributed by atoms with van der Waals surface area (Å²) in [5, 5.41) is 2.88. The second kappa shape index (κ2) is 7.96. The van der Waals surface area contributed by atoms with Crippen LogP contribution in [0.4, 0.5) is 0 Å². The van der Waals surface area contributed by atoms with Gasteiger partial charge in [-0.05, 0) is 36.1 Å². The lowest BCUT2D eigenvalue weighted by Gasteiger charge is -2.12. The maximum Gasteiger partial charge on any atom is 0.237 e. The molecular weight excluding hydrogens is 328 g/mol. The van der Waals surface area contributed by atoms with Gasteiger partial charge in [0.05, 0.1) is 6.04 Å². The lowest BCUT2D eigenvalue weighted by Crippen LogP contribution is -2.40. The highest BCUT2D eigenvalue weighted by atomic mass is 79.9. The van der Waals surface area contributed by atoms with Gasteiger partial charge in [-0.15, -0.1) is 0 Å². The summed E-state index contributed by atoms with van der Waals surface area (Å²) in [6, 6.07) is 17.4. The summed E-state index contributed by atoms with van der Waals surface area (Å²) in [5.74, 6) is -0.103. The SMILES string of the molecule is NC(CCc1ccccc1)C(=O)NCc1ccc(Br)cc1. The Morgan fingerprint density at radius 3 is 2.38 bits per heavy atom. The number of amides is 1. The van der Waals surface area contributed by atoms with Crippen molar-refractivity contribution in [2.24, 2.45) is 5.73 Å². The molecule has 0 saturated heterocycles. The van der Waals surface area contributed by atoms with Crippen LogP contribution in [-0.4, -0.2) is 11.9 Å². The molecule has 0 aliphatic heterocycles. The molecule has 1 amide bonds. The smallest absolute Gasteiger partial charge is 0.237 e. The summed E-state index contributed by atoms with van der Waals surface area (Å²) in [7, 11) is 0. The third-order valence-corrected chi connectivity index (χ3v) is 3.83. The predicted octanol–water partition coefficient (Wildman–Crippen LogP) is 3.03. The molecule has 0 aromatic heterocycles. The fourth-order valence-electron chi connectivity index (χ4n) is 2.02. The summed E-state index contributed by atoms with van der Waals surface area (Å²) in [6.45, 7) is 0.505. The molecule has 0 heterocycles. The zero-order valence-corrected chi connectivity index (χ0v) is 13.3.